The van der Waals surface area contributed by atoms with E-state index in [0.717, 1.165) is 38.4 Å². The number of urea groups is 1. The summed E-state index contributed by atoms with van der Waals surface area (Å²) in [4.78, 5) is 14.6. The number of nitrogens with zero attached hydrogens (tertiary/aromatic N) is 1. The van der Waals surface area contributed by atoms with Crippen molar-refractivity contribution >= 4 is 6.03 Å². The molecule has 2 aliphatic rings. The molecule has 0 aromatic heterocycles. The Hall–Kier alpha value is -0.810. The monoisotopic (exact) mass is 297 g/mol. The number of hydrogen-bond donors (Lipinski definition) is 3. The highest BCUT2D eigenvalue weighted by atomic mass is 16.3. The van der Waals surface area contributed by atoms with E-state index >= 15 is 0 Å². The van der Waals surface area contributed by atoms with Crippen LogP contribution in [-0.4, -0.2) is 53.9 Å². The van der Waals surface area contributed by atoms with Crippen LogP contribution in [0, 0.1) is 0 Å². The molecule has 0 bridgehead atoms. The van der Waals surface area contributed by atoms with E-state index in [2.05, 4.69) is 15.5 Å². The van der Waals surface area contributed by atoms with Crippen LogP contribution in [0.5, 0.6) is 0 Å². The summed E-state index contributed by atoms with van der Waals surface area (Å²) in [6.45, 7) is 4.38. The van der Waals surface area contributed by atoms with Crippen molar-refractivity contribution in [1.82, 2.24) is 15.5 Å². The normalized spacial score (nSPS) is 23.1. The highest BCUT2D eigenvalue weighted by Crippen LogP contribution is 2.26. The molecule has 1 unspecified atom stereocenters. The van der Waals surface area contributed by atoms with E-state index in [0.29, 0.717) is 12.5 Å². The van der Waals surface area contributed by atoms with Crippen LogP contribution in [0.15, 0.2) is 0 Å². The number of likely N-dealkylation sites (tertiary alicyclic amines) is 1. The lowest BCUT2D eigenvalue weighted by molar-refractivity contribution is 0.145. The molecule has 122 valence electrons. The highest BCUT2D eigenvalue weighted by molar-refractivity contribution is 5.74. The van der Waals surface area contributed by atoms with Crippen LogP contribution in [0.25, 0.3) is 0 Å². The summed E-state index contributed by atoms with van der Waals surface area (Å²) < 4.78 is 0. The van der Waals surface area contributed by atoms with Gasteiger partial charge in [-0.25, -0.2) is 4.79 Å². The van der Waals surface area contributed by atoms with Crippen LogP contribution in [0.2, 0.25) is 0 Å². The van der Waals surface area contributed by atoms with Gasteiger partial charge in [-0.15, -0.1) is 0 Å². The van der Waals surface area contributed by atoms with Gasteiger partial charge >= 0.3 is 6.03 Å². The number of amides is 2. The van der Waals surface area contributed by atoms with Crippen molar-refractivity contribution < 1.29 is 9.90 Å². The first-order valence-electron chi connectivity index (χ1n) is 8.64. The van der Waals surface area contributed by atoms with Crippen molar-refractivity contribution in [3.63, 3.8) is 0 Å². The van der Waals surface area contributed by atoms with Crippen LogP contribution in [-0.2, 0) is 0 Å². The summed E-state index contributed by atoms with van der Waals surface area (Å²) in [6, 6.07) is 1.10. The Morgan fingerprint density at radius 2 is 1.90 bits per heavy atom. The smallest absolute Gasteiger partial charge is 0.315 e. The van der Waals surface area contributed by atoms with Crippen molar-refractivity contribution in [2.24, 2.45) is 0 Å². The average Bonchev–Trinajstić information content (AvgIpc) is 3.01. The summed E-state index contributed by atoms with van der Waals surface area (Å²) in [5.74, 6) is 0. The molecule has 1 aliphatic heterocycles. The van der Waals surface area contributed by atoms with Gasteiger partial charge in [0.15, 0.2) is 0 Å². The van der Waals surface area contributed by atoms with Gasteiger partial charge in [-0.1, -0.05) is 19.8 Å². The van der Waals surface area contributed by atoms with Gasteiger partial charge in [-0.3, -0.25) is 0 Å². The van der Waals surface area contributed by atoms with Crippen LogP contribution in [0.3, 0.4) is 0 Å². The zero-order valence-electron chi connectivity index (χ0n) is 13.3. The minimum absolute atomic E-state index is 0.0744. The molecule has 1 atom stereocenters. The Labute approximate surface area is 128 Å². The second kappa shape index (κ2) is 8.59. The maximum Gasteiger partial charge on any atom is 0.315 e. The Bertz CT molecular complexity index is 311. The first-order valence-corrected chi connectivity index (χ1v) is 8.64. The van der Waals surface area contributed by atoms with Crippen molar-refractivity contribution in [1.29, 1.82) is 0 Å². The molecule has 5 nitrogen and oxygen atoms in total. The fraction of sp³-hybridized carbons (Fsp3) is 0.938. The zero-order valence-corrected chi connectivity index (χ0v) is 13.3. The third-order valence-corrected chi connectivity index (χ3v) is 5.01. The number of rotatable bonds is 6. The van der Waals surface area contributed by atoms with E-state index < -0.39 is 0 Å². The van der Waals surface area contributed by atoms with Crippen molar-refractivity contribution in [3.8, 4) is 0 Å². The molecular weight excluding hydrogens is 266 g/mol. The zero-order chi connectivity index (χ0) is 15.1. The maximum absolute atomic E-state index is 12.0. The summed E-state index contributed by atoms with van der Waals surface area (Å²) in [5, 5.41) is 15.0. The molecule has 0 spiro atoms. The topological polar surface area (TPSA) is 64.6 Å². The fourth-order valence-corrected chi connectivity index (χ4v) is 3.63. The lowest BCUT2D eigenvalue weighted by atomic mass is 10.0. The average molecular weight is 297 g/mol. The molecule has 21 heavy (non-hydrogen) atoms. The van der Waals surface area contributed by atoms with Gasteiger partial charge in [0, 0.05) is 37.8 Å². The second-order valence-electron chi connectivity index (χ2n) is 6.48. The molecular formula is C16H31N3O2. The van der Waals surface area contributed by atoms with Crippen molar-refractivity contribution in [3.05, 3.63) is 0 Å². The number of piperidine rings is 1. The SMILES string of the molecule is CCC(CCO)NC(=O)NC1CCN(C2CCCC2)CC1. The van der Waals surface area contributed by atoms with Gasteiger partial charge in [0.05, 0.1) is 0 Å². The number of nitrogens with one attached hydrogen (secondary N) is 2. The molecule has 2 amide bonds. The van der Waals surface area contributed by atoms with Gasteiger partial charge in [0.2, 0.25) is 0 Å². The van der Waals surface area contributed by atoms with E-state index in [9.17, 15) is 4.79 Å². The first kappa shape index (κ1) is 16.6. The van der Waals surface area contributed by atoms with E-state index in [1.807, 2.05) is 6.92 Å². The quantitative estimate of drug-likeness (QED) is 0.701. The molecule has 1 heterocycles. The van der Waals surface area contributed by atoms with E-state index in [1.54, 1.807) is 0 Å². The number of hydrogen-bond acceptors (Lipinski definition) is 3. The van der Waals surface area contributed by atoms with Crippen LogP contribution in [0.4, 0.5) is 4.79 Å². The minimum Gasteiger partial charge on any atom is -0.396 e. The van der Waals surface area contributed by atoms with E-state index in [1.165, 1.54) is 25.7 Å². The summed E-state index contributed by atoms with van der Waals surface area (Å²) in [6.07, 6.45) is 9.08. The van der Waals surface area contributed by atoms with Gasteiger partial charge < -0.3 is 20.6 Å². The molecule has 2 rings (SSSR count). The van der Waals surface area contributed by atoms with Crippen LogP contribution < -0.4 is 10.6 Å². The van der Waals surface area contributed by atoms with Crippen molar-refractivity contribution in [2.75, 3.05) is 19.7 Å². The molecule has 0 aromatic carbocycles. The lowest BCUT2D eigenvalue weighted by Crippen LogP contribution is -2.51. The molecule has 3 N–H and O–H groups in total. The van der Waals surface area contributed by atoms with E-state index in [-0.39, 0.29) is 18.7 Å². The standard InChI is InChI=1S/C16H31N3O2/c1-2-13(9-12-20)17-16(21)18-14-7-10-19(11-8-14)15-5-3-4-6-15/h13-15,20H,2-12H2,1H3,(H2,17,18,21). The third kappa shape index (κ3) is 5.15. The third-order valence-electron chi connectivity index (χ3n) is 5.01. The molecule has 5 heteroatoms. The number of aliphatic hydroxyl groups is 1. The van der Waals surface area contributed by atoms with Gasteiger partial charge in [-0.2, -0.15) is 0 Å². The first-order chi connectivity index (χ1) is 10.2. The number of carbonyl (C=O) groups is 1. The minimum atomic E-state index is -0.0744. The molecule has 1 aliphatic carbocycles. The summed E-state index contributed by atoms with van der Waals surface area (Å²) in [5.41, 5.74) is 0. The Kier molecular flexibility index (Phi) is 6.77. The maximum atomic E-state index is 12.0. The second-order valence-corrected chi connectivity index (χ2v) is 6.48. The largest absolute Gasteiger partial charge is 0.396 e. The van der Waals surface area contributed by atoms with Gasteiger partial charge in [0.1, 0.15) is 0 Å². The Morgan fingerprint density at radius 1 is 1.24 bits per heavy atom. The molecule has 1 saturated heterocycles. The number of carbonyl (C=O) groups excluding carboxylic acids is 1. The van der Waals surface area contributed by atoms with Crippen LogP contribution >= 0.6 is 0 Å². The predicted molar refractivity (Wildman–Crippen MR) is 84.3 cm³/mol. The molecule has 0 aromatic rings. The Morgan fingerprint density at radius 3 is 2.48 bits per heavy atom. The molecule has 0 radical (unpaired) electrons. The highest BCUT2D eigenvalue weighted by Gasteiger charge is 2.27. The van der Waals surface area contributed by atoms with Crippen LogP contribution in [0.1, 0.15) is 58.3 Å². The fourth-order valence-electron chi connectivity index (χ4n) is 3.63. The van der Waals surface area contributed by atoms with Crippen molar-refractivity contribution in [2.45, 2.75) is 76.4 Å². The molecule has 2 fully saturated rings. The predicted octanol–water partition coefficient (Wildman–Crippen LogP) is 1.85. The lowest BCUT2D eigenvalue weighted by Gasteiger charge is -2.36. The molecule has 1 saturated carbocycles. The summed E-state index contributed by atoms with van der Waals surface area (Å²) >= 11 is 0. The summed E-state index contributed by atoms with van der Waals surface area (Å²) in [7, 11) is 0. The van der Waals surface area contributed by atoms with E-state index in [4.69, 9.17) is 5.11 Å². The Balaban J connectivity index is 1.66. The number of aliphatic hydroxyl groups excluding tert-OH is 1. The van der Waals surface area contributed by atoms with Gasteiger partial charge in [-0.05, 0) is 38.5 Å². The van der Waals surface area contributed by atoms with Gasteiger partial charge in [0.25, 0.3) is 0 Å².